The fourth-order valence-electron chi connectivity index (χ4n) is 5.15. The van der Waals surface area contributed by atoms with Gasteiger partial charge in [0.15, 0.2) is 5.11 Å². The highest BCUT2D eigenvalue weighted by molar-refractivity contribution is 7.80. The quantitative estimate of drug-likeness (QED) is 0.179. The van der Waals surface area contributed by atoms with Crippen molar-refractivity contribution in [3.63, 3.8) is 0 Å². The molecule has 0 aliphatic carbocycles. The number of aromatic nitrogens is 2. The molecule has 8 heteroatoms. The lowest BCUT2D eigenvalue weighted by Gasteiger charge is -2.28. The van der Waals surface area contributed by atoms with E-state index in [-0.39, 0.29) is 12.1 Å². The average molecular weight is 551 g/mol. The average Bonchev–Trinajstić information content (AvgIpc) is 3.39. The number of nitrogens with one attached hydrogen (secondary N) is 2. The number of rotatable bonds is 8. The van der Waals surface area contributed by atoms with E-state index < -0.39 is 0 Å². The molecule has 37 heavy (non-hydrogen) atoms. The number of anilines is 1. The van der Waals surface area contributed by atoms with E-state index in [0.717, 1.165) is 53.1 Å². The molecule has 5 rings (SSSR count). The van der Waals surface area contributed by atoms with E-state index in [0.29, 0.717) is 10.0 Å². The summed E-state index contributed by atoms with van der Waals surface area (Å²) in [6, 6.07) is 24.2. The first-order valence-electron chi connectivity index (χ1n) is 12.4. The first-order chi connectivity index (χ1) is 18.0. The van der Waals surface area contributed by atoms with Crippen molar-refractivity contribution in [2.45, 2.75) is 32.4 Å². The fourth-order valence-corrected chi connectivity index (χ4v) is 5.86. The zero-order valence-corrected chi connectivity index (χ0v) is 23.1. The molecule has 2 N–H and O–H groups in total. The SMILES string of the molecule is Cc1cc([C@@H]2[C@H](c3ccccn3)NC(=S)N2CCCNc2ccccc2)c(C)n1-c1cccc(Cl)c1Cl. The number of pyridine rings is 1. The van der Waals surface area contributed by atoms with Crippen molar-refractivity contribution < 1.29 is 0 Å². The number of hydrogen-bond donors (Lipinski definition) is 2. The molecule has 2 atom stereocenters. The number of benzene rings is 2. The van der Waals surface area contributed by atoms with Gasteiger partial charge in [-0.25, -0.2) is 0 Å². The number of nitrogens with zero attached hydrogens (tertiary/aromatic N) is 3. The highest BCUT2D eigenvalue weighted by atomic mass is 35.5. The number of thiocarbonyl (C=S) groups is 1. The second kappa shape index (κ2) is 11.1. The molecule has 1 saturated heterocycles. The van der Waals surface area contributed by atoms with E-state index in [2.05, 4.69) is 63.2 Å². The highest BCUT2D eigenvalue weighted by Gasteiger charge is 2.41. The van der Waals surface area contributed by atoms with Gasteiger partial charge in [0.1, 0.15) is 0 Å². The van der Waals surface area contributed by atoms with Gasteiger partial charge >= 0.3 is 0 Å². The predicted octanol–water partition coefficient (Wildman–Crippen LogP) is 7.27. The Bertz CT molecular complexity index is 1390. The van der Waals surface area contributed by atoms with Crippen LogP contribution in [0.2, 0.25) is 10.0 Å². The van der Waals surface area contributed by atoms with Gasteiger partial charge in [0.05, 0.1) is 33.5 Å². The summed E-state index contributed by atoms with van der Waals surface area (Å²) in [5.74, 6) is 0. The van der Waals surface area contributed by atoms with Crippen molar-refractivity contribution in [1.29, 1.82) is 0 Å². The molecular formula is C29H29Cl2N5S. The van der Waals surface area contributed by atoms with Crippen molar-refractivity contribution in [2.75, 3.05) is 18.4 Å². The summed E-state index contributed by atoms with van der Waals surface area (Å²) >= 11 is 18.9. The Morgan fingerprint density at radius 2 is 1.78 bits per heavy atom. The van der Waals surface area contributed by atoms with Gasteiger partial charge in [-0.15, -0.1) is 0 Å². The Morgan fingerprint density at radius 3 is 2.54 bits per heavy atom. The van der Waals surface area contributed by atoms with Gasteiger partial charge in [-0.3, -0.25) is 4.98 Å². The van der Waals surface area contributed by atoms with Crippen LogP contribution in [0.25, 0.3) is 5.69 Å². The Morgan fingerprint density at radius 1 is 1.00 bits per heavy atom. The minimum atomic E-state index is -0.0698. The Kier molecular flexibility index (Phi) is 7.70. The topological polar surface area (TPSA) is 45.1 Å². The summed E-state index contributed by atoms with van der Waals surface area (Å²) in [6.07, 6.45) is 2.76. The first-order valence-corrected chi connectivity index (χ1v) is 13.5. The van der Waals surface area contributed by atoms with Gasteiger partial charge in [0.25, 0.3) is 0 Å². The minimum Gasteiger partial charge on any atom is -0.385 e. The van der Waals surface area contributed by atoms with Crippen molar-refractivity contribution in [1.82, 2.24) is 19.8 Å². The first kappa shape index (κ1) is 25.6. The minimum absolute atomic E-state index is 0.0166. The molecule has 2 aromatic heterocycles. The van der Waals surface area contributed by atoms with Gasteiger partial charge in [0.2, 0.25) is 0 Å². The second-order valence-corrected chi connectivity index (χ2v) is 10.4. The molecule has 0 amide bonds. The lowest BCUT2D eigenvalue weighted by molar-refractivity contribution is 0.315. The van der Waals surface area contributed by atoms with E-state index in [9.17, 15) is 0 Å². The zero-order valence-electron chi connectivity index (χ0n) is 20.8. The van der Waals surface area contributed by atoms with Gasteiger partial charge in [0, 0.05) is 36.4 Å². The second-order valence-electron chi connectivity index (χ2n) is 9.20. The van der Waals surface area contributed by atoms with Crippen LogP contribution in [-0.4, -0.2) is 32.7 Å². The molecule has 0 saturated carbocycles. The van der Waals surface area contributed by atoms with Crippen LogP contribution in [0, 0.1) is 13.8 Å². The van der Waals surface area contributed by atoms with E-state index in [1.807, 2.05) is 54.7 Å². The monoisotopic (exact) mass is 549 g/mol. The summed E-state index contributed by atoms with van der Waals surface area (Å²) < 4.78 is 2.18. The number of aryl methyl sites for hydroxylation is 1. The maximum absolute atomic E-state index is 6.64. The van der Waals surface area contributed by atoms with E-state index in [1.165, 1.54) is 5.56 Å². The molecule has 5 nitrogen and oxygen atoms in total. The maximum atomic E-state index is 6.64. The highest BCUT2D eigenvalue weighted by Crippen LogP contribution is 2.42. The Hall–Kier alpha value is -3.06. The third-order valence-corrected chi connectivity index (χ3v) is 8.00. The summed E-state index contributed by atoms with van der Waals surface area (Å²) in [6.45, 7) is 5.88. The van der Waals surface area contributed by atoms with Crippen molar-refractivity contribution in [3.8, 4) is 5.69 Å². The van der Waals surface area contributed by atoms with Gasteiger partial charge in [-0.2, -0.15) is 0 Å². The lowest BCUT2D eigenvalue weighted by Crippen LogP contribution is -2.31. The van der Waals surface area contributed by atoms with Gasteiger partial charge in [-0.05, 0) is 80.5 Å². The third kappa shape index (κ3) is 5.19. The largest absolute Gasteiger partial charge is 0.385 e. The Balaban J connectivity index is 1.48. The number of para-hydroxylation sites is 1. The van der Waals surface area contributed by atoms with Crippen molar-refractivity contribution in [3.05, 3.63) is 112 Å². The molecule has 0 radical (unpaired) electrons. The molecule has 1 fully saturated rings. The van der Waals surface area contributed by atoms with Crippen LogP contribution in [0.1, 0.15) is 41.1 Å². The molecule has 0 spiro atoms. The van der Waals surface area contributed by atoms with Crippen molar-refractivity contribution in [2.24, 2.45) is 0 Å². The molecule has 0 bridgehead atoms. The number of halogens is 2. The molecule has 0 unspecified atom stereocenters. The number of hydrogen-bond acceptors (Lipinski definition) is 3. The summed E-state index contributed by atoms with van der Waals surface area (Å²) in [5.41, 5.74) is 6.33. The van der Waals surface area contributed by atoms with Crippen LogP contribution in [0.4, 0.5) is 5.69 Å². The van der Waals surface area contributed by atoms with Crippen LogP contribution in [0.15, 0.2) is 79.0 Å². The molecular weight excluding hydrogens is 521 g/mol. The van der Waals surface area contributed by atoms with Crippen LogP contribution in [0.5, 0.6) is 0 Å². The van der Waals surface area contributed by atoms with Crippen LogP contribution >= 0.6 is 35.4 Å². The Labute approximate surface area is 233 Å². The molecule has 190 valence electrons. The van der Waals surface area contributed by atoms with Crippen molar-refractivity contribution >= 4 is 46.2 Å². The molecule has 1 aliphatic heterocycles. The molecule has 2 aromatic carbocycles. The molecule has 1 aliphatic rings. The van der Waals surface area contributed by atoms with Gasteiger partial charge < -0.3 is 20.1 Å². The smallest absolute Gasteiger partial charge is 0.170 e. The normalized spacial score (nSPS) is 17.2. The molecule has 4 aromatic rings. The fraction of sp³-hybridized carbons (Fsp3) is 0.241. The van der Waals surface area contributed by atoms with E-state index >= 15 is 0 Å². The van der Waals surface area contributed by atoms with Gasteiger partial charge in [-0.1, -0.05) is 53.5 Å². The maximum Gasteiger partial charge on any atom is 0.170 e. The van der Waals surface area contributed by atoms with Crippen LogP contribution < -0.4 is 10.6 Å². The molecule has 3 heterocycles. The summed E-state index contributed by atoms with van der Waals surface area (Å²) in [7, 11) is 0. The van der Waals surface area contributed by atoms with Crippen LogP contribution in [0.3, 0.4) is 0 Å². The summed E-state index contributed by atoms with van der Waals surface area (Å²) in [4.78, 5) is 6.98. The van der Waals surface area contributed by atoms with Crippen LogP contribution in [-0.2, 0) is 0 Å². The zero-order chi connectivity index (χ0) is 25.9. The predicted molar refractivity (Wildman–Crippen MR) is 157 cm³/mol. The standard InChI is InChI=1S/C29H29Cl2N5S/c1-19-18-22(20(2)36(19)25-14-8-12-23(30)26(25)31)28-27(24-13-6-7-15-33-24)34-29(37)35(28)17-9-16-32-21-10-4-3-5-11-21/h3-8,10-15,18,27-28,32H,9,16-17H2,1-2H3,(H,34,37)/t27-,28+/m0/s1. The third-order valence-electron chi connectivity index (χ3n) is 6.84. The van der Waals surface area contributed by atoms with E-state index in [4.69, 9.17) is 35.4 Å². The van der Waals surface area contributed by atoms with E-state index in [1.54, 1.807) is 0 Å². The lowest BCUT2D eigenvalue weighted by atomic mass is 9.96. The summed E-state index contributed by atoms with van der Waals surface area (Å²) in [5, 5.41) is 8.89.